The van der Waals surface area contributed by atoms with Crippen molar-refractivity contribution in [2.24, 2.45) is 0 Å². The highest BCUT2D eigenvalue weighted by Gasteiger charge is 2.36. The maximum Gasteiger partial charge on any atom is 0.462 e. The van der Waals surface area contributed by atoms with Crippen LogP contribution in [0.5, 0.6) is 5.75 Å². The lowest BCUT2D eigenvalue weighted by atomic mass is 10.3. The van der Waals surface area contributed by atoms with Gasteiger partial charge < -0.3 is 4.74 Å². The van der Waals surface area contributed by atoms with Gasteiger partial charge in [0.15, 0.2) is 0 Å². The van der Waals surface area contributed by atoms with Crippen molar-refractivity contribution in [1.82, 2.24) is 0 Å². The first-order chi connectivity index (χ1) is 7.50. The number of hydrogen-bond donors (Lipinski definition) is 0. The number of alkyl halides is 3. The Bertz CT molecular complexity index is 412. The zero-order valence-corrected chi connectivity index (χ0v) is 8.04. The predicted octanol–water partition coefficient (Wildman–Crippen LogP) is 2.20. The van der Waals surface area contributed by atoms with Gasteiger partial charge in [0.05, 0.1) is 0 Å². The van der Waals surface area contributed by atoms with Crippen LogP contribution in [-0.2, 0) is 4.79 Å². The van der Waals surface area contributed by atoms with E-state index >= 15 is 0 Å². The number of carbonyl (C=O) groups is 1. The summed E-state index contributed by atoms with van der Waals surface area (Å²) in [5.74, 6) is 1.87. The summed E-state index contributed by atoms with van der Waals surface area (Å²) >= 11 is 0. The number of para-hydroxylation sites is 1. The van der Waals surface area contributed by atoms with E-state index in [1.807, 2.05) is 5.92 Å². The average Bonchev–Trinajstić information content (AvgIpc) is 2.24. The van der Waals surface area contributed by atoms with E-state index in [1.54, 1.807) is 30.3 Å². The smallest absolute Gasteiger partial charge is 0.462 e. The summed E-state index contributed by atoms with van der Waals surface area (Å²) in [5, 5.41) is 0. The van der Waals surface area contributed by atoms with Crippen LogP contribution in [0.25, 0.3) is 0 Å². The van der Waals surface area contributed by atoms with E-state index in [9.17, 15) is 18.0 Å². The van der Waals surface area contributed by atoms with Crippen molar-refractivity contribution >= 4 is 5.78 Å². The number of benzene rings is 1. The molecule has 1 aromatic carbocycles. The van der Waals surface area contributed by atoms with Gasteiger partial charge in [-0.25, -0.2) is 0 Å². The summed E-state index contributed by atoms with van der Waals surface area (Å²) in [7, 11) is 0. The zero-order valence-electron chi connectivity index (χ0n) is 8.04. The molecular formula is C11H7F3O2. The van der Waals surface area contributed by atoms with Gasteiger partial charge in [-0.15, -0.1) is 0 Å². The quantitative estimate of drug-likeness (QED) is 0.573. The van der Waals surface area contributed by atoms with Crippen LogP contribution in [0.4, 0.5) is 13.2 Å². The second-order valence-electron chi connectivity index (χ2n) is 2.73. The molecule has 0 fully saturated rings. The molecule has 0 spiro atoms. The highest BCUT2D eigenvalue weighted by Crippen LogP contribution is 2.14. The molecular weight excluding hydrogens is 221 g/mol. The van der Waals surface area contributed by atoms with Crippen LogP contribution in [0.2, 0.25) is 0 Å². The van der Waals surface area contributed by atoms with Crippen molar-refractivity contribution in [3.05, 3.63) is 30.3 Å². The minimum Gasteiger partial charge on any atom is -0.481 e. The standard InChI is InChI=1S/C11H7F3O2/c12-11(13,14)10(15)7-4-8-16-9-5-2-1-3-6-9/h1-3,5-6H,8H2. The van der Waals surface area contributed by atoms with Crippen LogP contribution < -0.4 is 4.74 Å². The number of carbonyl (C=O) groups excluding carboxylic acids is 1. The molecule has 0 aliphatic rings. The molecule has 0 saturated carbocycles. The van der Waals surface area contributed by atoms with Gasteiger partial charge in [-0.1, -0.05) is 24.1 Å². The topological polar surface area (TPSA) is 26.3 Å². The summed E-state index contributed by atoms with van der Waals surface area (Å²) in [6, 6.07) is 8.46. The van der Waals surface area contributed by atoms with Gasteiger partial charge in [-0.05, 0) is 18.1 Å². The summed E-state index contributed by atoms with van der Waals surface area (Å²) in [5.41, 5.74) is 0. The normalized spacial score (nSPS) is 10.2. The van der Waals surface area contributed by atoms with Crippen molar-refractivity contribution in [3.63, 3.8) is 0 Å². The van der Waals surface area contributed by atoms with E-state index in [4.69, 9.17) is 4.74 Å². The van der Waals surface area contributed by atoms with Crippen LogP contribution in [0.3, 0.4) is 0 Å². The minimum atomic E-state index is -4.90. The van der Waals surface area contributed by atoms with Crippen LogP contribution in [0.15, 0.2) is 30.3 Å². The van der Waals surface area contributed by atoms with E-state index in [1.165, 1.54) is 5.92 Å². The van der Waals surface area contributed by atoms with Gasteiger partial charge in [0.25, 0.3) is 0 Å². The van der Waals surface area contributed by atoms with Crippen molar-refractivity contribution < 1.29 is 22.7 Å². The van der Waals surface area contributed by atoms with Gasteiger partial charge in [0, 0.05) is 0 Å². The number of hydrogen-bond acceptors (Lipinski definition) is 2. The van der Waals surface area contributed by atoms with Gasteiger partial charge in [-0.3, -0.25) is 4.79 Å². The molecule has 2 nitrogen and oxygen atoms in total. The Kier molecular flexibility index (Phi) is 3.95. The fourth-order valence-corrected chi connectivity index (χ4v) is 0.823. The molecule has 0 aliphatic heterocycles. The summed E-state index contributed by atoms with van der Waals surface area (Å²) in [6.45, 7) is -0.258. The lowest BCUT2D eigenvalue weighted by Crippen LogP contribution is -2.20. The molecule has 0 amide bonds. The monoisotopic (exact) mass is 228 g/mol. The Morgan fingerprint density at radius 1 is 1.25 bits per heavy atom. The Hall–Kier alpha value is -1.96. The first-order valence-electron chi connectivity index (χ1n) is 4.28. The van der Waals surface area contributed by atoms with Crippen molar-refractivity contribution in [1.29, 1.82) is 0 Å². The summed E-state index contributed by atoms with van der Waals surface area (Å²) < 4.78 is 40.1. The van der Waals surface area contributed by atoms with E-state index < -0.39 is 12.0 Å². The fraction of sp³-hybridized carbons (Fsp3) is 0.182. The van der Waals surface area contributed by atoms with Crippen LogP contribution in [0, 0.1) is 11.8 Å². The molecule has 0 saturated heterocycles. The Morgan fingerprint density at radius 2 is 1.88 bits per heavy atom. The lowest BCUT2D eigenvalue weighted by Gasteiger charge is -2.00. The largest absolute Gasteiger partial charge is 0.481 e. The SMILES string of the molecule is O=C(C#CCOc1ccccc1)C(F)(F)F. The number of Topliss-reactive ketones (excluding diaryl/α,β-unsaturated/α-hetero) is 1. The lowest BCUT2D eigenvalue weighted by molar-refractivity contribution is -0.164. The molecule has 16 heavy (non-hydrogen) atoms. The summed E-state index contributed by atoms with van der Waals surface area (Å²) in [6.07, 6.45) is -4.90. The molecule has 0 unspecified atom stereocenters. The fourth-order valence-electron chi connectivity index (χ4n) is 0.823. The molecule has 0 heterocycles. The van der Waals surface area contributed by atoms with Gasteiger partial charge in [0.1, 0.15) is 12.4 Å². The van der Waals surface area contributed by atoms with Crippen LogP contribution in [0.1, 0.15) is 0 Å². The molecule has 1 aromatic rings. The molecule has 0 radical (unpaired) electrons. The number of ketones is 1. The number of rotatable bonds is 2. The van der Waals surface area contributed by atoms with E-state index in [0.717, 1.165) is 0 Å². The Morgan fingerprint density at radius 3 is 2.44 bits per heavy atom. The minimum absolute atomic E-state index is 0.258. The number of halogens is 3. The third kappa shape index (κ3) is 4.05. The first kappa shape index (κ1) is 12.1. The highest BCUT2D eigenvalue weighted by molar-refractivity contribution is 5.99. The Labute approximate surface area is 90.0 Å². The third-order valence-electron chi connectivity index (χ3n) is 1.51. The first-order valence-corrected chi connectivity index (χ1v) is 4.28. The highest BCUT2D eigenvalue weighted by atomic mass is 19.4. The van der Waals surface area contributed by atoms with Crippen LogP contribution in [-0.4, -0.2) is 18.6 Å². The molecule has 1 rings (SSSR count). The number of ether oxygens (including phenoxy) is 1. The van der Waals surface area contributed by atoms with Crippen molar-refractivity contribution in [2.45, 2.75) is 6.18 Å². The molecule has 5 heteroatoms. The maximum absolute atomic E-state index is 11.7. The molecule has 84 valence electrons. The zero-order chi connectivity index (χ0) is 12.0. The van der Waals surface area contributed by atoms with Crippen molar-refractivity contribution in [3.8, 4) is 17.6 Å². The van der Waals surface area contributed by atoms with Crippen molar-refractivity contribution in [2.75, 3.05) is 6.61 Å². The van der Waals surface area contributed by atoms with Crippen LogP contribution >= 0.6 is 0 Å². The molecule has 0 aliphatic carbocycles. The van der Waals surface area contributed by atoms with E-state index in [2.05, 4.69) is 0 Å². The second kappa shape index (κ2) is 5.21. The maximum atomic E-state index is 11.7. The predicted molar refractivity (Wildman–Crippen MR) is 50.8 cm³/mol. The van der Waals surface area contributed by atoms with E-state index in [-0.39, 0.29) is 6.61 Å². The second-order valence-corrected chi connectivity index (χ2v) is 2.73. The van der Waals surface area contributed by atoms with Gasteiger partial charge in [0.2, 0.25) is 0 Å². The molecule has 0 aromatic heterocycles. The molecule has 0 N–H and O–H groups in total. The van der Waals surface area contributed by atoms with Gasteiger partial charge in [-0.2, -0.15) is 13.2 Å². The third-order valence-corrected chi connectivity index (χ3v) is 1.51. The molecule has 0 bridgehead atoms. The average molecular weight is 228 g/mol. The Balaban J connectivity index is 2.43. The van der Waals surface area contributed by atoms with Gasteiger partial charge >= 0.3 is 12.0 Å². The van der Waals surface area contributed by atoms with E-state index in [0.29, 0.717) is 5.75 Å². The molecule has 0 atom stereocenters. The summed E-state index contributed by atoms with van der Waals surface area (Å²) in [4.78, 5) is 10.3.